The van der Waals surface area contributed by atoms with Gasteiger partial charge < -0.3 is 9.64 Å². The van der Waals surface area contributed by atoms with E-state index in [0.29, 0.717) is 25.3 Å². The van der Waals surface area contributed by atoms with Crippen molar-refractivity contribution in [1.29, 1.82) is 0 Å². The molecule has 0 bridgehead atoms. The normalized spacial score (nSPS) is 14.9. The van der Waals surface area contributed by atoms with E-state index in [2.05, 4.69) is 10.8 Å². The Kier molecular flexibility index (Phi) is 7.21. The zero-order valence-corrected chi connectivity index (χ0v) is 18.3. The average Bonchev–Trinajstić information content (AvgIpc) is 2.75. The van der Waals surface area contributed by atoms with Gasteiger partial charge in [-0.15, -0.1) is 0 Å². The highest BCUT2D eigenvalue weighted by Crippen LogP contribution is 2.24. The molecule has 29 heavy (non-hydrogen) atoms. The number of para-hydroxylation sites is 1. The first-order valence-corrected chi connectivity index (χ1v) is 12.3. The molecule has 1 amide bonds. The summed E-state index contributed by atoms with van der Waals surface area (Å²) < 4.78 is 33.8. The number of nitrogens with zero attached hydrogens (tertiary/aromatic N) is 1. The number of fused-ring (bicyclic) bond motifs is 1. The summed E-state index contributed by atoms with van der Waals surface area (Å²) in [6.07, 6.45) is 3.14. The number of hydrogen-bond acceptors (Lipinski definition) is 5. The second kappa shape index (κ2) is 9.65. The predicted molar refractivity (Wildman–Crippen MR) is 116 cm³/mol. The van der Waals surface area contributed by atoms with E-state index in [1.165, 1.54) is 18.7 Å². The standard InChI is InChI=1S/C21H26N2O4S2/c1-27-19-9-5-6-10-20(19)29(25,26)22-18(12-14-28-2)21(24)23-13-11-16-7-3-4-8-17(16)15-23/h3-10,18,22H,11-15H2,1-2H3/t18-/m0/s1. The Morgan fingerprint density at radius 2 is 1.86 bits per heavy atom. The van der Waals surface area contributed by atoms with Gasteiger partial charge in [0.15, 0.2) is 0 Å². The molecule has 1 aliphatic heterocycles. The van der Waals surface area contributed by atoms with Gasteiger partial charge in [0.2, 0.25) is 15.9 Å². The van der Waals surface area contributed by atoms with Gasteiger partial charge in [0.05, 0.1) is 7.11 Å². The van der Waals surface area contributed by atoms with Gasteiger partial charge in [-0.3, -0.25) is 4.79 Å². The summed E-state index contributed by atoms with van der Waals surface area (Å²) in [5.41, 5.74) is 2.36. The first kappa shape index (κ1) is 21.7. The second-order valence-electron chi connectivity index (χ2n) is 6.88. The molecule has 0 fully saturated rings. The third-order valence-corrected chi connectivity index (χ3v) is 7.16. The van der Waals surface area contributed by atoms with Gasteiger partial charge in [-0.2, -0.15) is 16.5 Å². The van der Waals surface area contributed by atoms with Crippen LogP contribution in [0.15, 0.2) is 53.4 Å². The number of sulfonamides is 1. The molecule has 0 saturated heterocycles. The first-order valence-electron chi connectivity index (χ1n) is 9.46. The molecule has 156 valence electrons. The minimum Gasteiger partial charge on any atom is -0.495 e. The Bertz CT molecular complexity index is 963. The Labute approximate surface area is 176 Å². The molecule has 2 aromatic carbocycles. The Morgan fingerprint density at radius 1 is 1.17 bits per heavy atom. The summed E-state index contributed by atoms with van der Waals surface area (Å²) in [7, 11) is -2.48. The number of carbonyl (C=O) groups excluding carboxylic acids is 1. The molecule has 0 unspecified atom stereocenters. The summed E-state index contributed by atoms with van der Waals surface area (Å²) in [4.78, 5) is 15.0. The predicted octanol–water partition coefficient (Wildman–Crippen LogP) is 2.68. The smallest absolute Gasteiger partial charge is 0.244 e. The molecule has 3 rings (SSSR count). The van der Waals surface area contributed by atoms with Crippen molar-refractivity contribution in [3.8, 4) is 5.75 Å². The highest BCUT2D eigenvalue weighted by atomic mass is 32.2. The Morgan fingerprint density at radius 3 is 2.59 bits per heavy atom. The summed E-state index contributed by atoms with van der Waals surface area (Å²) in [5.74, 6) is 0.741. The van der Waals surface area contributed by atoms with Gasteiger partial charge in [0.1, 0.15) is 16.7 Å². The van der Waals surface area contributed by atoms with Gasteiger partial charge in [0.25, 0.3) is 0 Å². The SMILES string of the molecule is COc1ccccc1S(=O)(=O)N[C@@H](CCSC)C(=O)N1CCc2ccccc2C1. The topological polar surface area (TPSA) is 75.7 Å². The molecule has 8 heteroatoms. The number of hydrogen-bond donors (Lipinski definition) is 1. The largest absolute Gasteiger partial charge is 0.495 e. The van der Waals surface area contributed by atoms with Gasteiger partial charge in [-0.05, 0) is 48.1 Å². The zero-order chi connectivity index (χ0) is 20.9. The minimum absolute atomic E-state index is 0.0356. The maximum Gasteiger partial charge on any atom is 0.244 e. The lowest BCUT2D eigenvalue weighted by molar-refractivity contribution is -0.134. The lowest BCUT2D eigenvalue weighted by atomic mass is 9.99. The van der Waals surface area contributed by atoms with Crippen LogP contribution in [0, 0.1) is 0 Å². The molecule has 1 atom stereocenters. The van der Waals surface area contributed by atoms with Crippen molar-refractivity contribution in [3.63, 3.8) is 0 Å². The van der Waals surface area contributed by atoms with Crippen molar-refractivity contribution in [1.82, 2.24) is 9.62 Å². The number of benzene rings is 2. The van der Waals surface area contributed by atoms with Crippen molar-refractivity contribution >= 4 is 27.7 Å². The number of amides is 1. The molecule has 0 aliphatic carbocycles. The minimum atomic E-state index is -3.91. The van der Waals surface area contributed by atoms with E-state index in [1.54, 1.807) is 34.9 Å². The van der Waals surface area contributed by atoms with Crippen LogP contribution in [0.1, 0.15) is 17.5 Å². The van der Waals surface area contributed by atoms with Crippen molar-refractivity contribution in [2.24, 2.45) is 0 Å². The fourth-order valence-corrected chi connectivity index (χ4v) is 5.33. The fraction of sp³-hybridized carbons (Fsp3) is 0.381. The molecular weight excluding hydrogens is 408 g/mol. The molecule has 0 spiro atoms. The molecule has 2 aromatic rings. The lowest BCUT2D eigenvalue weighted by Crippen LogP contribution is -2.50. The molecular formula is C21H26N2O4S2. The first-order chi connectivity index (χ1) is 14.0. The second-order valence-corrected chi connectivity index (χ2v) is 9.55. The summed E-state index contributed by atoms with van der Waals surface area (Å²) in [6, 6.07) is 13.7. The average molecular weight is 435 g/mol. The van der Waals surface area contributed by atoms with Crippen LogP contribution in [0.4, 0.5) is 0 Å². The number of methoxy groups -OCH3 is 1. The lowest BCUT2D eigenvalue weighted by Gasteiger charge is -2.32. The molecule has 6 nitrogen and oxygen atoms in total. The molecule has 1 aliphatic rings. The third kappa shape index (κ3) is 5.12. The van der Waals surface area contributed by atoms with Crippen LogP contribution >= 0.6 is 11.8 Å². The van der Waals surface area contributed by atoms with Crippen LogP contribution in [0.25, 0.3) is 0 Å². The summed E-state index contributed by atoms with van der Waals surface area (Å²) >= 11 is 1.58. The van der Waals surface area contributed by atoms with E-state index >= 15 is 0 Å². The van der Waals surface area contributed by atoms with Crippen molar-refractivity contribution in [2.45, 2.75) is 30.3 Å². The molecule has 0 saturated carbocycles. The van der Waals surface area contributed by atoms with Crippen molar-refractivity contribution in [3.05, 3.63) is 59.7 Å². The van der Waals surface area contributed by atoms with Gasteiger partial charge >= 0.3 is 0 Å². The van der Waals surface area contributed by atoms with E-state index in [0.717, 1.165) is 12.0 Å². The highest BCUT2D eigenvalue weighted by Gasteiger charge is 2.31. The fourth-order valence-electron chi connectivity index (χ4n) is 3.46. The maximum atomic E-state index is 13.2. The number of nitrogens with one attached hydrogen (secondary N) is 1. The van der Waals surface area contributed by atoms with Crippen LogP contribution < -0.4 is 9.46 Å². The maximum absolute atomic E-state index is 13.2. The van der Waals surface area contributed by atoms with E-state index in [4.69, 9.17) is 4.74 Å². The van der Waals surface area contributed by atoms with Crippen molar-refractivity contribution in [2.75, 3.05) is 25.7 Å². The van der Waals surface area contributed by atoms with Crippen LogP contribution in [-0.2, 0) is 27.8 Å². The summed E-state index contributed by atoms with van der Waals surface area (Å²) in [6.45, 7) is 1.09. The van der Waals surface area contributed by atoms with Gasteiger partial charge in [-0.25, -0.2) is 8.42 Å². The van der Waals surface area contributed by atoms with E-state index < -0.39 is 16.1 Å². The van der Waals surface area contributed by atoms with Crippen molar-refractivity contribution < 1.29 is 17.9 Å². The molecule has 0 radical (unpaired) electrons. The molecule has 1 heterocycles. The number of thioether (sulfide) groups is 1. The van der Waals surface area contributed by atoms with E-state index in [-0.39, 0.29) is 16.6 Å². The summed E-state index contributed by atoms with van der Waals surface area (Å²) in [5, 5.41) is 0. The highest BCUT2D eigenvalue weighted by molar-refractivity contribution is 7.98. The number of ether oxygens (including phenoxy) is 1. The number of carbonyl (C=O) groups is 1. The molecule has 1 N–H and O–H groups in total. The van der Waals surface area contributed by atoms with E-state index in [1.807, 2.05) is 24.5 Å². The zero-order valence-electron chi connectivity index (χ0n) is 16.6. The Balaban J connectivity index is 1.81. The van der Waals surface area contributed by atoms with Crippen LogP contribution in [-0.4, -0.2) is 50.9 Å². The third-order valence-electron chi connectivity index (χ3n) is 5.01. The van der Waals surface area contributed by atoms with Gasteiger partial charge in [0, 0.05) is 13.1 Å². The number of rotatable bonds is 8. The Hall–Kier alpha value is -2.03. The van der Waals surface area contributed by atoms with E-state index in [9.17, 15) is 13.2 Å². The van der Waals surface area contributed by atoms with Crippen LogP contribution in [0.2, 0.25) is 0 Å². The van der Waals surface area contributed by atoms with Gasteiger partial charge in [-0.1, -0.05) is 36.4 Å². The molecule has 0 aromatic heterocycles. The van der Waals surface area contributed by atoms with Crippen LogP contribution in [0.5, 0.6) is 5.75 Å². The monoisotopic (exact) mass is 434 g/mol. The quantitative estimate of drug-likeness (QED) is 0.691. The van der Waals surface area contributed by atoms with Crippen LogP contribution in [0.3, 0.4) is 0 Å².